The lowest BCUT2D eigenvalue weighted by molar-refractivity contribution is -0.127. The predicted molar refractivity (Wildman–Crippen MR) is 102 cm³/mol. The fourth-order valence-electron chi connectivity index (χ4n) is 8.33. The van der Waals surface area contributed by atoms with Gasteiger partial charge in [-0.05, 0) is 112 Å². The molecule has 0 radical (unpaired) electrons. The van der Waals surface area contributed by atoms with Crippen molar-refractivity contribution in [1.29, 1.82) is 0 Å². The minimum absolute atomic E-state index is 0.305. The number of hydrogen-bond acceptors (Lipinski definition) is 1. The Morgan fingerprint density at radius 1 is 0.960 bits per heavy atom. The lowest BCUT2D eigenvalue weighted by atomic mass is 9.46. The van der Waals surface area contributed by atoms with Gasteiger partial charge in [-0.15, -0.1) is 0 Å². The molecule has 0 aliphatic heterocycles. The van der Waals surface area contributed by atoms with Crippen molar-refractivity contribution in [2.75, 3.05) is 0 Å². The Bertz CT molecular complexity index is 614. The summed E-state index contributed by atoms with van der Waals surface area (Å²) in [7, 11) is 0. The van der Waals surface area contributed by atoms with E-state index >= 15 is 0 Å². The van der Waals surface area contributed by atoms with Crippen LogP contribution in [-0.2, 0) is 4.79 Å². The molecule has 5 rings (SSSR count). The van der Waals surface area contributed by atoms with Gasteiger partial charge in [0.1, 0.15) is 5.78 Å². The molecule has 25 heavy (non-hydrogen) atoms. The Morgan fingerprint density at radius 3 is 2.48 bits per heavy atom. The van der Waals surface area contributed by atoms with Gasteiger partial charge >= 0.3 is 0 Å². The fraction of sp³-hybridized carbons (Fsp3) is 0.875. The number of ketones is 1. The topological polar surface area (TPSA) is 17.1 Å². The Balaban J connectivity index is 1.43. The highest BCUT2D eigenvalue weighted by Gasteiger charge is 2.59. The molecule has 0 aromatic rings. The molecule has 0 bridgehead atoms. The summed E-state index contributed by atoms with van der Waals surface area (Å²) >= 11 is 0. The van der Waals surface area contributed by atoms with Crippen molar-refractivity contribution < 1.29 is 4.79 Å². The van der Waals surface area contributed by atoms with Gasteiger partial charge in [0.15, 0.2) is 0 Å². The second-order valence-electron chi connectivity index (χ2n) is 10.9. The van der Waals surface area contributed by atoms with Gasteiger partial charge in [-0.25, -0.2) is 0 Å². The summed E-state index contributed by atoms with van der Waals surface area (Å²) in [6.45, 7) is 6.95. The van der Waals surface area contributed by atoms with E-state index in [-0.39, 0.29) is 0 Å². The first-order chi connectivity index (χ1) is 11.9. The molecule has 4 saturated carbocycles. The highest BCUT2D eigenvalue weighted by Crippen LogP contribution is 2.67. The van der Waals surface area contributed by atoms with Crippen LogP contribution >= 0.6 is 0 Å². The van der Waals surface area contributed by atoms with Crippen LogP contribution in [0.1, 0.15) is 85.0 Å². The minimum Gasteiger partial charge on any atom is -0.300 e. The summed E-state index contributed by atoms with van der Waals surface area (Å²) in [5, 5.41) is 0. The van der Waals surface area contributed by atoms with Gasteiger partial charge in [-0.1, -0.05) is 25.5 Å². The molecule has 7 atom stereocenters. The summed E-state index contributed by atoms with van der Waals surface area (Å²) in [5.41, 5.74) is 2.64. The average molecular weight is 341 g/mol. The summed E-state index contributed by atoms with van der Waals surface area (Å²) in [4.78, 5) is 12.3. The van der Waals surface area contributed by atoms with E-state index in [9.17, 15) is 4.79 Å². The smallest absolute Gasteiger partial charge is 0.133 e. The van der Waals surface area contributed by atoms with E-state index in [2.05, 4.69) is 19.9 Å². The van der Waals surface area contributed by atoms with Gasteiger partial charge in [-0.3, -0.25) is 4.79 Å². The SMILES string of the molecule is CC(=O)C1CCC2C3CC=C4CC(C5CC5)CCC4(C)C3CCC12C. The van der Waals surface area contributed by atoms with E-state index in [0.29, 0.717) is 22.5 Å². The Hall–Kier alpha value is -0.590. The van der Waals surface area contributed by atoms with Crippen LogP contribution in [0, 0.1) is 46.3 Å². The van der Waals surface area contributed by atoms with Crippen LogP contribution in [0.3, 0.4) is 0 Å². The summed E-state index contributed by atoms with van der Waals surface area (Å²) in [6, 6.07) is 0. The number of hydrogen-bond donors (Lipinski definition) is 0. The third kappa shape index (κ3) is 2.29. The summed E-state index contributed by atoms with van der Waals surface area (Å²) in [5.74, 6) is 5.46. The van der Waals surface area contributed by atoms with Crippen LogP contribution in [0.25, 0.3) is 0 Å². The van der Waals surface area contributed by atoms with E-state index in [1.165, 1.54) is 57.8 Å². The molecule has 7 unspecified atom stereocenters. The predicted octanol–water partition coefficient (Wildman–Crippen LogP) is 6.18. The van der Waals surface area contributed by atoms with E-state index in [0.717, 1.165) is 36.0 Å². The number of rotatable bonds is 2. The molecule has 0 aromatic heterocycles. The van der Waals surface area contributed by atoms with Gasteiger partial charge < -0.3 is 0 Å². The maximum absolute atomic E-state index is 12.3. The average Bonchev–Trinajstić information content (AvgIpc) is 3.35. The molecule has 4 fully saturated rings. The van der Waals surface area contributed by atoms with Gasteiger partial charge in [0.05, 0.1) is 0 Å². The monoisotopic (exact) mass is 340 g/mol. The molecule has 0 N–H and O–H groups in total. The zero-order chi connectivity index (χ0) is 17.4. The van der Waals surface area contributed by atoms with Crippen molar-refractivity contribution in [1.82, 2.24) is 0 Å². The van der Waals surface area contributed by atoms with Crippen LogP contribution in [0.5, 0.6) is 0 Å². The molecule has 0 saturated heterocycles. The molecule has 5 aliphatic rings. The number of carbonyl (C=O) groups excluding carboxylic acids is 1. The number of allylic oxidation sites excluding steroid dienone is 2. The first kappa shape index (κ1) is 16.6. The van der Waals surface area contributed by atoms with Crippen molar-refractivity contribution in [3.63, 3.8) is 0 Å². The van der Waals surface area contributed by atoms with Crippen LogP contribution in [-0.4, -0.2) is 5.78 Å². The number of fused-ring (bicyclic) bond motifs is 5. The first-order valence-corrected chi connectivity index (χ1v) is 11.1. The van der Waals surface area contributed by atoms with Crippen molar-refractivity contribution in [2.45, 2.75) is 85.0 Å². The van der Waals surface area contributed by atoms with E-state index in [1.54, 1.807) is 0 Å². The van der Waals surface area contributed by atoms with Crippen LogP contribution < -0.4 is 0 Å². The maximum atomic E-state index is 12.3. The van der Waals surface area contributed by atoms with Crippen molar-refractivity contribution in [3.8, 4) is 0 Å². The molecule has 0 heterocycles. The second kappa shape index (κ2) is 5.46. The molecule has 0 spiro atoms. The lowest BCUT2D eigenvalue weighted by Crippen LogP contribution is -2.50. The standard InChI is InChI=1S/C24H36O/c1-15(25)20-8-9-21-19-7-6-18-14-17(16-4-5-16)10-12-23(18,2)22(19)11-13-24(20,21)3/h6,16-17,19-22H,4-5,7-14H2,1-3H3. The van der Waals surface area contributed by atoms with Gasteiger partial charge in [0.25, 0.3) is 0 Å². The molecule has 5 aliphatic carbocycles. The van der Waals surface area contributed by atoms with Crippen molar-refractivity contribution in [3.05, 3.63) is 11.6 Å². The van der Waals surface area contributed by atoms with Gasteiger partial charge in [0.2, 0.25) is 0 Å². The second-order valence-corrected chi connectivity index (χ2v) is 10.9. The summed E-state index contributed by atoms with van der Waals surface area (Å²) in [6.07, 6.45) is 16.5. The van der Waals surface area contributed by atoms with Crippen molar-refractivity contribution >= 4 is 5.78 Å². The van der Waals surface area contributed by atoms with Crippen molar-refractivity contribution in [2.24, 2.45) is 46.3 Å². The van der Waals surface area contributed by atoms with Gasteiger partial charge in [0, 0.05) is 5.92 Å². The zero-order valence-electron chi connectivity index (χ0n) is 16.5. The highest BCUT2D eigenvalue weighted by atomic mass is 16.1. The molecule has 138 valence electrons. The van der Waals surface area contributed by atoms with Crippen LogP contribution in [0.2, 0.25) is 0 Å². The fourth-order valence-corrected chi connectivity index (χ4v) is 8.33. The highest BCUT2D eigenvalue weighted by molar-refractivity contribution is 5.79. The molecular weight excluding hydrogens is 304 g/mol. The Kier molecular flexibility index (Phi) is 3.62. The van der Waals surface area contributed by atoms with E-state index in [1.807, 2.05) is 12.5 Å². The molecule has 1 heteroatoms. The quantitative estimate of drug-likeness (QED) is 0.548. The molecule has 0 amide bonds. The van der Waals surface area contributed by atoms with Crippen LogP contribution in [0.4, 0.5) is 0 Å². The van der Waals surface area contributed by atoms with E-state index in [4.69, 9.17) is 0 Å². The van der Waals surface area contributed by atoms with Crippen LogP contribution in [0.15, 0.2) is 11.6 Å². The lowest BCUT2D eigenvalue weighted by Gasteiger charge is -2.58. The van der Waals surface area contributed by atoms with E-state index < -0.39 is 0 Å². The normalized spacial score (nSPS) is 52.0. The largest absolute Gasteiger partial charge is 0.300 e. The zero-order valence-corrected chi connectivity index (χ0v) is 16.5. The molecule has 0 aromatic carbocycles. The first-order valence-electron chi connectivity index (χ1n) is 11.1. The summed E-state index contributed by atoms with van der Waals surface area (Å²) < 4.78 is 0. The molecule has 1 nitrogen and oxygen atoms in total. The maximum Gasteiger partial charge on any atom is 0.133 e. The third-order valence-corrected chi connectivity index (χ3v) is 9.92. The van der Waals surface area contributed by atoms with Gasteiger partial charge in [-0.2, -0.15) is 0 Å². The Morgan fingerprint density at radius 2 is 1.76 bits per heavy atom. The third-order valence-electron chi connectivity index (χ3n) is 9.92. The number of carbonyl (C=O) groups is 1. The minimum atomic E-state index is 0.305. The number of Topliss-reactive ketones (excluding diaryl/α,β-unsaturated/α-hetero) is 1. The molecular formula is C24H36O. The Labute approximate surface area is 154 Å².